The van der Waals surface area contributed by atoms with Gasteiger partial charge in [-0.2, -0.15) is 0 Å². The van der Waals surface area contributed by atoms with E-state index < -0.39 is 0 Å². The average molecular weight is 297 g/mol. The molecule has 2 fully saturated rings. The zero-order valence-corrected chi connectivity index (χ0v) is 12.4. The third-order valence-corrected chi connectivity index (χ3v) is 4.51. The van der Waals surface area contributed by atoms with Crippen molar-refractivity contribution in [3.8, 4) is 11.4 Å². The first-order valence-corrected chi connectivity index (χ1v) is 7.93. The average Bonchev–Trinajstić information content (AvgIpc) is 3.32. The first-order chi connectivity index (χ1) is 10.8. The molecule has 114 valence electrons. The van der Waals surface area contributed by atoms with Gasteiger partial charge in [-0.1, -0.05) is 11.3 Å². The van der Waals surface area contributed by atoms with Crippen LogP contribution in [0.1, 0.15) is 31.7 Å². The number of hydrogen-bond acceptors (Lipinski definition) is 4. The molecule has 1 aliphatic heterocycles. The zero-order chi connectivity index (χ0) is 14.9. The van der Waals surface area contributed by atoms with E-state index in [2.05, 4.69) is 15.3 Å². The van der Waals surface area contributed by atoms with Crippen molar-refractivity contribution in [2.75, 3.05) is 13.1 Å². The third kappa shape index (κ3) is 2.61. The first-order valence-electron chi connectivity index (χ1n) is 7.93. The molecular weight excluding hydrogens is 278 g/mol. The minimum Gasteiger partial charge on any atom is -0.342 e. The summed E-state index contributed by atoms with van der Waals surface area (Å²) in [5.41, 5.74) is 1.65. The molecule has 6 nitrogen and oxygen atoms in total. The molecule has 1 saturated heterocycles. The Morgan fingerprint density at radius 1 is 1.09 bits per heavy atom. The van der Waals surface area contributed by atoms with Crippen LogP contribution in [0.2, 0.25) is 0 Å². The molecule has 1 amide bonds. The van der Waals surface area contributed by atoms with Crippen LogP contribution >= 0.6 is 0 Å². The third-order valence-electron chi connectivity index (χ3n) is 4.51. The Morgan fingerprint density at radius 3 is 2.59 bits per heavy atom. The van der Waals surface area contributed by atoms with Gasteiger partial charge in [-0.25, -0.2) is 4.68 Å². The highest BCUT2D eigenvalue weighted by Crippen LogP contribution is 2.33. The zero-order valence-electron chi connectivity index (χ0n) is 12.4. The van der Waals surface area contributed by atoms with Gasteiger partial charge < -0.3 is 4.90 Å². The molecule has 22 heavy (non-hydrogen) atoms. The smallest absolute Gasteiger partial charge is 0.225 e. The Morgan fingerprint density at radius 2 is 1.91 bits per heavy atom. The monoisotopic (exact) mass is 297 g/mol. The lowest BCUT2D eigenvalue weighted by molar-refractivity contribution is -0.133. The van der Waals surface area contributed by atoms with E-state index in [9.17, 15) is 4.79 Å². The van der Waals surface area contributed by atoms with Crippen LogP contribution in [0.25, 0.3) is 11.4 Å². The topological polar surface area (TPSA) is 63.9 Å². The summed E-state index contributed by atoms with van der Waals surface area (Å²) in [6, 6.07) is 6.10. The Kier molecular flexibility index (Phi) is 3.36. The van der Waals surface area contributed by atoms with Crippen LogP contribution in [-0.4, -0.2) is 43.9 Å². The van der Waals surface area contributed by atoms with Crippen molar-refractivity contribution in [2.24, 2.45) is 5.92 Å². The lowest BCUT2D eigenvalue weighted by Gasteiger charge is -2.31. The number of piperidine rings is 1. The van der Waals surface area contributed by atoms with E-state index in [0.29, 0.717) is 17.9 Å². The molecule has 0 aromatic carbocycles. The minimum atomic E-state index is 0.318. The van der Waals surface area contributed by atoms with Crippen LogP contribution < -0.4 is 0 Å². The molecule has 6 heteroatoms. The summed E-state index contributed by atoms with van der Waals surface area (Å²) in [5.74, 6) is 0.671. The van der Waals surface area contributed by atoms with Gasteiger partial charge in [0.05, 0.1) is 17.9 Å². The Labute approximate surface area is 129 Å². The number of pyridine rings is 1. The van der Waals surface area contributed by atoms with Crippen LogP contribution in [0.3, 0.4) is 0 Å². The van der Waals surface area contributed by atoms with Crippen molar-refractivity contribution in [3.63, 3.8) is 0 Å². The van der Waals surface area contributed by atoms with Crippen molar-refractivity contribution < 1.29 is 4.79 Å². The van der Waals surface area contributed by atoms with E-state index in [1.165, 1.54) is 0 Å². The molecule has 0 radical (unpaired) electrons. The van der Waals surface area contributed by atoms with Gasteiger partial charge in [0.15, 0.2) is 0 Å². The molecule has 2 aliphatic rings. The van der Waals surface area contributed by atoms with E-state index >= 15 is 0 Å². The normalized spacial score (nSPS) is 19.4. The van der Waals surface area contributed by atoms with Gasteiger partial charge in [0.1, 0.15) is 5.69 Å². The molecule has 2 aromatic rings. The first kappa shape index (κ1) is 13.4. The molecule has 0 atom stereocenters. The van der Waals surface area contributed by atoms with Gasteiger partial charge in [-0.3, -0.25) is 9.78 Å². The molecule has 0 bridgehead atoms. The second-order valence-electron chi connectivity index (χ2n) is 6.13. The Hall–Kier alpha value is -2.24. The minimum absolute atomic E-state index is 0.318. The number of carbonyl (C=O) groups excluding carboxylic acids is 1. The van der Waals surface area contributed by atoms with Crippen LogP contribution in [0.5, 0.6) is 0 Å². The quantitative estimate of drug-likeness (QED) is 0.868. The SMILES string of the molecule is O=C(C1CC1)N1CCC(n2cc(-c3ccccn3)nn2)CC1. The van der Waals surface area contributed by atoms with E-state index in [4.69, 9.17) is 0 Å². The highest BCUT2D eigenvalue weighted by Gasteiger charge is 2.35. The second kappa shape index (κ2) is 5.51. The van der Waals surface area contributed by atoms with Gasteiger partial charge in [0.25, 0.3) is 0 Å². The lowest BCUT2D eigenvalue weighted by atomic mass is 10.0. The number of nitrogens with zero attached hydrogens (tertiary/aromatic N) is 5. The molecule has 2 aromatic heterocycles. The van der Waals surface area contributed by atoms with Crippen molar-refractivity contribution in [1.29, 1.82) is 0 Å². The van der Waals surface area contributed by atoms with Gasteiger partial charge in [-0.15, -0.1) is 5.10 Å². The Balaban J connectivity index is 1.41. The number of rotatable bonds is 3. The van der Waals surface area contributed by atoms with E-state index in [1.54, 1.807) is 6.20 Å². The number of aromatic nitrogens is 4. The van der Waals surface area contributed by atoms with Crippen LogP contribution in [0, 0.1) is 5.92 Å². The summed E-state index contributed by atoms with van der Waals surface area (Å²) < 4.78 is 1.93. The summed E-state index contributed by atoms with van der Waals surface area (Å²) in [6.07, 6.45) is 7.78. The summed E-state index contributed by atoms with van der Waals surface area (Å²) >= 11 is 0. The van der Waals surface area contributed by atoms with Gasteiger partial charge in [-0.05, 0) is 37.8 Å². The predicted molar refractivity (Wildman–Crippen MR) is 80.8 cm³/mol. The fraction of sp³-hybridized carbons (Fsp3) is 0.500. The van der Waals surface area contributed by atoms with Crippen LogP contribution in [0.4, 0.5) is 0 Å². The number of carbonyl (C=O) groups is 1. The Bertz CT molecular complexity index is 656. The fourth-order valence-corrected chi connectivity index (χ4v) is 3.03. The van der Waals surface area contributed by atoms with E-state index in [0.717, 1.165) is 50.2 Å². The lowest BCUT2D eigenvalue weighted by Crippen LogP contribution is -2.39. The standard InChI is InChI=1S/C16H19N5O/c22-16(12-4-5-12)20-9-6-13(7-10-20)21-11-15(18-19-21)14-3-1-2-8-17-14/h1-3,8,11-13H,4-7,9-10H2. The van der Waals surface area contributed by atoms with Crippen LogP contribution in [-0.2, 0) is 4.79 Å². The molecule has 0 unspecified atom stereocenters. The van der Waals surface area contributed by atoms with Gasteiger partial charge >= 0.3 is 0 Å². The van der Waals surface area contributed by atoms with Crippen molar-refractivity contribution in [1.82, 2.24) is 24.9 Å². The number of hydrogen-bond donors (Lipinski definition) is 0. The molecule has 4 rings (SSSR count). The molecule has 1 aliphatic carbocycles. The summed E-state index contributed by atoms with van der Waals surface area (Å²) in [4.78, 5) is 18.4. The number of amides is 1. The fourth-order valence-electron chi connectivity index (χ4n) is 3.03. The molecular formula is C16H19N5O. The highest BCUT2D eigenvalue weighted by molar-refractivity contribution is 5.81. The maximum atomic E-state index is 12.1. The maximum absolute atomic E-state index is 12.1. The summed E-state index contributed by atoms with van der Waals surface area (Å²) in [6.45, 7) is 1.66. The van der Waals surface area contributed by atoms with Gasteiger partial charge in [0, 0.05) is 25.2 Å². The number of likely N-dealkylation sites (tertiary alicyclic amines) is 1. The van der Waals surface area contributed by atoms with Gasteiger partial charge in [0.2, 0.25) is 5.91 Å². The van der Waals surface area contributed by atoms with E-state index in [-0.39, 0.29) is 0 Å². The molecule has 0 N–H and O–H groups in total. The highest BCUT2D eigenvalue weighted by atomic mass is 16.2. The second-order valence-corrected chi connectivity index (χ2v) is 6.13. The molecule has 1 saturated carbocycles. The van der Waals surface area contributed by atoms with Crippen molar-refractivity contribution in [3.05, 3.63) is 30.6 Å². The largest absolute Gasteiger partial charge is 0.342 e. The maximum Gasteiger partial charge on any atom is 0.225 e. The summed E-state index contributed by atoms with van der Waals surface area (Å²) in [7, 11) is 0. The summed E-state index contributed by atoms with van der Waals surface area (Å²) in [5, 5.41) is 8.48. The van der Waals surface area contributed by atoms with Crippen molar-refractivity contribution >= 4 is 5.91 Å². The van der Waals surface area contributed by atoms with Crippen molar-refractivity contribution in [2.45, 2.75) is 31.7 Å². The molecule has 0 spiro atoms. The van der Waals surface area contributed by atoms with E-state index in [1.807, 2.05) is 34.0 Å². The molecule has 3 heterocycles. The van der Waals surface area contributed by atoms with Crippen LogP contribution in [0.15, 0.2) is 30.6 Å². The predicted octanol–water partition coefficient (Wildman–Crippen LogP) is 1.91.